The predicted octanol–water partition coefficient (Wildman–Crippen LogP) is 0.611. The number of halogens is 3. The third-order valence-electron chi connectivity index (χ3n) is 3.26. The minimum atomic E-state index is -4.51. The first kappa shape index (κ1) is 17.7. The molecule has 1 unspecified atom stereocenters. The fourth-order valence-electron chi connectivity index (χ4n) is 2.32. The largest absolute Gasteiger partial charge is 0.405 e. The van der Waals surface area contributed by atoms with Crippen LogP contribution in [0.15, 0.2) is 0 Å². The highest BCUT2D eigenvalue weighted by molar-refractivity contribution is 5.95. The lowest BCUT2D eigenvalue weighted by molar-refractivity contribution is -0.125. The van der Waals surface area contributed by atoms with Crippen LogP contribution in [-0.4, -0.2) is 60.4 Å². The molecule has 3 N–H and O–H groups in total. The van der Waals surface area contributed by atoms with Crippen LogP contribution >= 0.6 is 0 Å². The van der Waals surface area contributed by atoms with Crippen LogP contribution in [0.1, 0.15) is 25.7 Å². The second kappa shape index (κ2) is 8.18. The van der Waals surface area contributed by atoms with Gasteiger partial charge in [0.25, 0.3) is 0 Å². The maximum Gasteiger partial charge on any atom is 0.405 e. The molecule has 3 amide bonds. The number of nitrogens with one attached hydrogen (secondary N) is 2. The number of nitrogens with zero attached hydrogens (tertiary/aromatic N) is 1. The Morgan fingerprint density at radius 1 is 1.29 bits per heavy atom. The van der Waals surface area contributed by atoms with Crippen molar-refractivity contribution in [2.45, 2.75) is 37.9 Å². The van der Waals surface area contributed by atoms with E-state index in [1.165, 1.54) is 0 Å². The van der Waals surface area contributed by atoms with Gasteiger partial charge in [-0.25, -0.2) is 4.79 Å². The Kier molecular flexibility index (Phi) is 6.90. The summed E-state index contributed by atoms with van der Waals surface area (Å²) in [7, 11) is 0. The molecule has 6 nitrogen and oxygen atoms in total. The summed E-state index contributed by atoms with van der Waals surface area (Å²) in [6.45, 7) is -0.871. The quantitative estimate of drug-likeness (QED) is 0.695. The average Bonchev–Trinajstić information content (AvgIpc) is 2.38. The third kappa shape index (κ3) is 7.28. The van der Waals surface area contributed by atoms with Crippen LogP contribution in [0.5, 0.6) is 0 Å². The molecule has 1 rings (SSSR count). The van der Waals surface area contributed by atoms with Crippen LogP contribution in [0.25, 0.3) is 0 Å². The number of likely N-dealkylation sites (tertiary alicyclic amines) is 1. The molecule has 0 radical (unpaired) electrons. The van der Waals surface area contributed by atoms with E-state index in [1.807, 2.05) is 10.2 Å². The molecule has 0 saturated carbocycles. The summed E-state index contributed by atoms with van der Waals surface area (Å²) < 4.78 is 35.7. The molecule has 0 aromatic carbocycles. The summed E-state index contributed by atoms with van der Waals surface area (Å²) in [6.07, 6.45) is -1.20. The number of hydrogen-bond donors (Lipinski definition) is 3. The molecule has 1 heterocycles. The van der Waals surface area contributed by atoms with E-state index in [0.29, 0.717) is 13.0 Å². The van der Waals surface area contributed by atoms with Crippen LogP contribution in [0.2, 0.25) is 0 Å². The van der Waals surface area contributed by atoms with E-state index < -0.39 is 24.7 Å². The van der Waals surface area contributed by atoms with Gasteiger partial charge in [-0.3, -0.25) is 15.0 Å². The number of rotatable bonds is 5. The van der Waals surface area contributed by atoms with Crippen molar-refractivity contribution < 1.29 is 27.9 Å². The van der Waals surface area contributed by atoms with Crippen molar-refractivity contribution in [1.29, 1.82) is 0 Å². The number of alkyl halides is 3. The smallest absolute Gasteiger partial charge is 0.396 e. The summed E-state index contributed by atoms with van der Waals surface area (Å²) in [5, 5.41) is 12.4. The summed E-state index contributed by atoms with van der Waals surface area (Å²) in [4.78, 5) is 24.6. The molecule has 1 aliphatic rings. The van der Waals surface area contributed by atoms with Gasteiger partial charge in [0.05, 0.1) is 6.54 Å². The van der Waals surface area contributed by atoms with Crippen molar-refractivity contribution in [3.63, 3.8) is 0 Å². The van der Waals surface area contributed by atoms with E-state index in [0.717, 1.165) is 19.3 Å². The van der Waals surface area contributed by atoms with Crippen LogP contribution < -0.4 is 10.6 Å². The van der Waals surface area contributed by atoms with Gasteiger partial charge in [0.2, 0.25) is 5.91 Å². The van der Waals surface area contributed by atoms with Crippen molar-refractivity contribution >= 4 is 11.9 Å². The fourth-order valence-corrected chi connectivity index (χ4v) is 2.32. The molecule has 122 valence electrons. The Morgan fingerprint density at radius 2 is 2.00 bits per heavy atom. The van der Waals surface area contributed by atoms with E-state index in [9.17, 15) is 22.8 Å². The molecule has 0 aliphatic carbocycles. The summed E-state index contributed by atoms with van der Waals surface area (Å²) in [5.74, 6) is -0.653. The lowest BCUT2D eigenvalue weighted by Crippen LogP contribution is -2.49. The zero-order chi connectivity index (χ0) is 15.9. The van der Waals surface area contributed by atoms with Crippen molar-refractivity contribution in [3.05, 3.63) is 0 Å². The maximum atomic E-state index is 11.9. The van der Waals surface area contributed by atoms with Gasteiger partial charge in [0.1, 0.15) is 6.54 Å². The number of imide groups is 1. The van der Waals surface area contributed by atoms with Crippen molar-refractivity contribution in [1.82, 2.24) is 15.5 Å². The zero-order valence-electron chi connectivity index (χ0n) is 11.6. The molecule has 0 aromatic heterocycles. The molecule has 1 fully saturated rings. The summed E-state index contributed by atoms with van der Waals surface area (Å²) in [6, 6.07) is -1.10. The van der Waals surface area contributed by atoms with Crippen LogP contribution in [-0.2, 0) is 4.79 Å². The molecule has 21 heavy (non-hydrogen) atoms. The second-order valence-corrected chi connectivity index (χ2v) is 4.98. The normalized spacial score (nSPS) is 20.1. The SMILES string of the molecule is O=C(CN1CCCCC1CCO)NC(=O)NCC(F)(F)F. The Bertz CT molecular complexity index is 361. The predicted molar refractivity (Wildman–Crippen MR) is 68.5 cm³/mol. The molecule has 0 bridgehead atoms. The molecule has 9 heteroatoms. The van der Waals surface area contributed by atoms with Crippen LogP contribution in [0, 0.1) is 0 Å². The number of urea groups is 1. The maximum absolute atomic E-state index is 11.9. The molecular weight excluding hydrogens is 291 g/mol. The monoisotopic (exact) mass is 311 g/mol. The van der Waals surface area contributed by atoms with E-state index >= 15 is 0 Å². The number of aliphatic hydroxyl groups excluding tert-OH is 1. The van der Waals surface area contributed by atoms with Gasteiger partial charge in [-0.05, 0) is 25.8 Å². The minimum Gasteiger partial charge on any atom is -0.396 e. The summed E-state index contributed by atoms with van der Waals surface area (Å²) >= 11 is 0. The molecule has 0 aromatic rings. The first-order valence-electron chi connectivity index (χ1n) is 6.81. The number of hydrogen-bond acceptors (Lipinski definition) is 4. The first-order valence-corrected chi connectivity index (χ1v) is 6.81. The van der Waals surface area contributed by atoms with Gasteiger partial charge in [-0.15, -0.1) is 0 Å². The van der Waals surface area contributed by atoms with Gasteiger partial charge in [-0.2, -0.15) is 13.2 Å². The standard InChI is InChI=1S/C12H20F3N3O3/c13-12(14,15)8-16-11(21)17-10(20)7-18-5-2-1-3-9(18)4-6-19/h9,19H,1-8H2,(H2,16,17,20,21). The molecule has 1 aliphatic heterocycles. The fraction of sp³-hybridized carbons (Fsp3) is 0.833. The molecular formula is C12H20F3N3O3. The highest BCUT2D eigenvalue weighted by Crippen LogP contribution is 2.18. The third-order valence-corrected chi connectivity index (χ3v) is 3.26. The molecule has 1 atom stereocenters. The van der Waals surface area contributed by atoms with Gasteiger partial charge < -0.3 is 10.4 Å². The van der Waals surface area contributed by atoms with Crippen molar-refractivity contribution in [2.75, 3.05) is 26.2 Å². The first-order chi connectivity index (χ1) is 9.81. The number of piperidine rings is 1. The Balaban J connectivity index is 2.36. The van der Waals surface area contributed by atoms with E-state index in [-0.39, 0.29) is 19.2 Å². The van der Waals surface area contributed by atoms with Gasteiger partial charge in [-0.1, -0.05) is 6.42 Å². The minimum absolute atomic E-state index is 0.00878. The summed E-state index contributed by atoms with van der Waals surface area (Å²) in [5.41, 5.74) is 0. The Morgan fingerprint density at radius 3 is 2.62 bits per heavy atom. The van der Waals surface area contributed by atoms with E-state index in [4.69, 9.17) is 5.11 Å². The highest BCUT2D eigenvalue weighted by Gasteiger charge is 2.28. The topological polar surface area (TPSA) is 81.7 Å². The van der Waals surface area contributed by atoms with E-state index in [1.54, 1.807) is 5.32 Å². The Labute approximate surface area is 120 Å². The zero-order valence-corrected chi connectivity index (χ0v) is 11.6. The molecule has 1 saturated heterocycles. The van der Waals surface area contributed by atoms with Gasteiger partial charge >= 0.3 is 12.2 Å². The second-order valence-electron chi connectivity index (χ2n) is 4.98. The van der Waals surface area contributed by atoms with E-state index in [2.05, 4.69) is 0 Å². The van der Waals surface area contributed by atoms with Gasteiger partial charge in [0.15, 0.2) is 0 Å². The number of aliphatic hydroxyl groups is 1. The average molecular weight is 311 g/mol. The lowest BCUT2D eigenvalue weighted by Gasteiger charge is -2.34. The lowest BCUT2D eigenvalue weighted by atomic mass is 10.00. The number of carbonyl (C=O) groups is 2. The van der Waals surface area contributed by atoms with Crippen LogP contribution in [0.4, 0.5) is 18.0 Å². The number of carbonyl (C=O) groups excluding carboxylic acids is 2. The Hall–Kier alpha value is -1.35. The van der Waals surface area contributed by atoms with Crippen LogP contribution in [0.3, 0.4) is 0 Å². The van der Waals surface area contributed by atoms with Crippen molar-refractivity contribution in [3.8, 4) is 0 Å². The molecule has 0 spiro atoms. The van der Waals surface area contributed by atoms with Crippen molar-refractivity contribution in [2.24, 2.45) is 0 Å². The van der Waals surface area contributed by atoms with Gasteiger partial charge in [0, 0.05) is 12.6 Å². The highest BCUT2D eigenvalue weighted by atomic mass is 19.4. The number of amides is 3.